The molecular weight excluding hydrogens is 430 g/mol. The van der Waals surface area contributed by atoms with Crippen molar-refractivity contribution in [1.82, 2.24) is 14.8 Å². The molecule has 0 aliphatic carbocycles. The molecule has 2 aromatic heterocycles. The van der Waals surface area contributed by atoms with E-state index in [2.05, 4.69) is 15.4 Å². The van der Waals surface area contributed by atoms with Crippen molar-refractivity contribution in [1.29, 1.82) is 0 Å². The monoisotopic (exact) mass is 447 g/mol. The van der Waals surface area contributed by atoms with Crippen LogP contribution in [0.3, 0.4) is 0 Å². The first kappa shape index (κ1) is 21.5. The van der Waals surface area contributed by atoms with Crippen LogP contribution in [0.15, 0.2) is 42.9 Å². The van der Waals surface area contributed by atoms with Crippen molar-refractivity contribution in [3.63, 3.8) is 0 Å². The molecule has 0 radical (unpaired) electrons. The van der Waals surface area contributed by atoms with E-state index in [0.29, 0.717) is 0 Å². The van der Waals surface area contributed by atoms with Crippen LogP contribution in [0.5, 0.6) is 0 Å². The van der Waals surface area contributed by atoms with Crippen molar-refractivity contribution >= 4 is 23.2 Å². The first-order valence-corrected chi connectivity index (χ1v) is 9.55. The number of alkyl halides is 3. The highest BCUT2D eigenvalue weighted by molar-refractivity contribution is 6.15. The number of rotatable bonds is 3. The molecule has 166 valence electrons. The lowest BCUT2D eigenvalue weighted by Gasteiger charge is -2.32. The summed E-state index contributed by atoms with van der Waals surface area (Å²) < 4.78 is 54.1. The van der Waals surface area contributed by atoms with Crippen molar-refractivity contribution in [3.8, 4) is 0 Å². The van der Waals surface area contributed by atoms with Crippen molar-refractivity contribution in [2.24, 2.45) is 0 Å². The van der Waals surface area contributed by atoms with Gasteiger partial charge in [-0.25, -0.2) is 4.39 Å². The van der Waals surface area contributed by atoms with E-state index < -0.39 is 29.4 Å². The number of amides is 2. The molecule has 1 aromatic carbocycles. The topological polar surface area (TPSA) is 80.1 Å². The van der Waals surface area contributed by atoms with Gasteiger partial charge < -0.3 is 10.2 Å². The van der Waals surface area contributed by atoms with Crippen LogP contribution < -0.4 is 10.2 Å². The Labute approximate surface area is 179 Å². The van der Waals surface area contributed by atoms with E-state index in [0.717, 1.165) is 18.3 Å². The molecule has 1 atom stereocenters. The van der Waals surface area contributed by atoms with E-state index in [4.69, 9.17) is 0 Å². The number of fused-ring (bicyclic) bond motifs is 1. The minimum absolute atomic E-state index is 0.0110. The molecule has 1 unspecified atom stereocenters. The maximum Gasteiger partial charge on any atom is 0.416 e. The predicted molar refractivity (Wildman–Crippen MR) is 107 cm³/mol. The van der Waals surface area contributed by atoms with E-state index in [1.54, 1.807) is 6.92 Å². The molecule has 1 aliphatic rings. The second-order valence-electron chi connectivity index (χ2n) is 7.46. The Morgan fingerprint density at radius 3 is 2.59 bits per heavy atom. The highest BCUT2D eigenvalue weighted by Gasteiger charge is 2.37. The zero-order chi connectivity index (χ0) is 23.2. The summed E-state index contributed by atoms with van der Waals surface area (Å²) in [4.78, 5) is 31.0. The summed E-state index contributed by atoms with van der Waals surface area (Å²) >= 11 is 0. The van der Waals surface area contributed by atoms with Gasteiger partial charge in [-0.15, -0.1) is 0 Å². The summed E-state index contributed by atoms with van der Waals surface area (Å²) in [6, 6.07) is 4.17. The fourth-order valence-corrected chi connectivity index (χ4v) is 3.66. The standard InChI is InChI=1S/C21H17F4N5O2/c1-11-5-15(3-4-17(11)21(23,24)25)29-10-12(2)30-18(20(29)32)16(9-27-30)19(31)28-14-6-13(22)7-26-8-14/h3-9,12H,10H2,1-2H3,(H,28,31). The van der Waals surface area contributed by atoms with Gasteiger partial charge in [0, 0.05) is 18.3 Å². The van der Waals surface area contributed by atoms with E-state index in [-0.39, 0.29) is 40.8 Å². The van der Waals surface area contributed by atoms with E-state index in [1.807, 2.05) is 0 Å². The van der Waals surface area contributed by atoms with Gasteiger partial charge in [0.1, 0.15) is 11.5 Å². The lowest BCUT2D eigenvalue weighted by Crippen LogP contribution is -2.43. The number of carbonyl (C=O) groups is 2. The van der Waals surface area contributed by atoms with Crippen LogP contribution in [-0.2, 0) is 6.18 Å². The number of nitrogens with one attached hydrogen (secondary N) is 1. The smallest absolute Gasteiger partial charge is 0.320 e. The summed E-state index contributed by atoms with van der Waals surface area (Å²) in [7, 11) is 0. The number of carbonyl (C=O) groups excluding carboxylic acids is 2. The van der Waals surface area contributed by atoms with Gasteiger partial charge in [0.2, 0.25) is 0 Å². The molecule has 2 amide bonds. The van der Waals surface area contributed by atoms with E-state index in [9.17, 15) is 27.2 Å². The molecule has 1 aliphatic heterocycles. The number of hydrogen-bond acceptors (Lipinski definition) is 4. The van der Waals surface area contributed by atoms with Crippen LogP contribution in [0, 0.1) is 12.7 Å². The van der Waals surface area contributed by atoms with Crippen molar-refractivity contribution in [3.05, 3.63) is 71.1 Å². The lowest BCUT2D eigenvalue weighted by molar-refractivity contribution is -0.138. The number of pyridine rings is 1. The van der Waals surface area contributed by atoms with E-state index >= 15 is 0 Å². The SMILES string of the molecule is Cc1cc(N2CC(C)n3ncc(C(=O)Nc4cncc(F)c4)c3C2=O)ccc1C(F)(F)F. The average molecular weight is 447 g/mol. The second kappa shape index (κ2) is 7.74. The molecule has 4 rings (SSSR count). The van der Waals surface area contributed by atoms with Gasteiger partial charge in [0.25, 0.3) is 11.8 Å². The van der Waals surface area contributed by atoms with Gasteiger partial charge in [-0.05, 0) is 37.6 Å². The number of aromatic nitrogens is 3. The zero-order valence-corrected chi connectivity index (χ0v) is 16.9. The van der Waals surface area contributed by atoms with Gasteiger partial charge in [0.05, 0.1) is 41.4 Å². The molecule has 3 heterocycles. The molecule has 32 heavy (non-hydrogen) atoms. The van der Waals surface area contributed by atoms with Crippen molar-refractivity contribution in [2.45, 2.75) is 26.1 Å². The van der Waals surface area contributed by atoms with E-state index in [1.165, 1.54) is 41.0 Å². The Balaban J connectivity index is 1.67. The second-order valence-corrected chi connectivity index (χ2v) is 7.46. The maximum absolute atomic E-state index is 13.4. The first-order chi connectivity index (χ1) is 15.1. The number of halogens is 4. The van der Waals surface area contributed by atoms with Gasteiger partial charge in [-0.2, -0.15) is 18.3 Å². The van der Waals surface area contributed by atoms with Gasteiger partial charge in [-0.3, -0.25) is 19.3 Å². The fraction of sp³-hybridized carbons (Fsp3) is 0.238. The third-order valence-corrected chi connectivity index (χ3v) is 5.14. The molecule has 11 heteroatoms. The predicted octanol–water partition coefficient (Wildman–Crippen LogP) is 4.22. The maximum atomic E-state index is 13.4. The molecule has 0 saturated carbocycles. The molecule has 0 fully saturated rings. The summed E-state index contributed by atoms with van der Waals surface area (Å²) in [6.45, 7) is 3.25. The third kappa shape index (κ3) is 3.81. The summed E-state index contributed by atoms with van der Waals surface area (Å²) in [6.07, 6.45) is -1.05. The van der Waals surface area contributed by atoms with Crippen molar-refractivity contribution in [2.75, 3.05) is 16.8 Å². The molecule has 3 aromatic rings. The van der Waals surface area contributed by atoms with Crippen LogP contribution in [0.25, 0.3) is 0 Å². The summed E-state index contributed by atoms with van der Waals surface area (Å²) in [5.41, 5.74) is -0.483. The molecule has 0 bridgehead atoms. The van der Waals surface area contributed by atoms with Gasteiger partial charge in [-0.1, -0.05) is 0 Å². The van der Waals surface area contributed by atoms with Crippen LogP contribution in [0.1, 0.15) is 44.9 Å². The number of benzene rings is 1. The Hall–Kier alpha value is -3.76. The normalized spacial score (nSPS) is 16.1. The Morgan fingerprint density at radius 1 is 1.19 bits per heavy atom. The fourth-order valence-electron chi connectivity index (χ4n) is 3.66. The number of anilines is 2. The van der Waals surface area contributed by atoms with Crippen LogP contribution >= 0.6 is 0 Å². The minimum Gasteiger partial charge on any atom is -0.320 e. The third-order valence-electron chi connectivity index (χ3n) is 5.14. The summed E-state index contributed by atoms with van der Waals surface area (Å²) in [5.74, 6) is -1.92. The quantitative estimate of drug-likeness (QED) is 0.610. The summed E-state index contributed by atoms with van der Waals surface area (Å²) in [5, 5.41) is 6.60. The van der Waals surface area contributed by atoms with Crippen LogP contribution in [0.4, 0.5) is 28.9 Å². The average Bonchev–Trinajstić information content (AvgIpc) is 3.16. The molecule has 1 N–H and O–H groups in total. The largest absolute Gasteiger partial charge is 0.416 e. The molecule has 7 nitrogen and oxygen atoms in total. The molecule has 0 spiro atoms. The lowest BCUT2D eigenvalue weighted by atomic mass is 10.0. The van der Waals surface area contributed by atoms with Crippen molar-refractivity contribution < 1.29 is 27.2 Å². The highest BCUT2D eigenvalue weighted by Crippen LogP contribution is 2.35. The number of aryl methyl sites for hydroxylation is 1. The van der Waals surface area contributed by atoms with Gasteiger partial charge >= 0.3 is 6.18 Å². The Kier molecular flexibility index (Phi) is 5.19. The molecular formula is C21H17F4N5O2. The Bertz CT molecular complexity index is 1220. The number of nitrogens with zero attached hydrogens (tertiary/aromatic N) is 4. The first-order valence-electron chi connectivity index (χ1n) is 9.55. The van der Waals surface area contributed by atoms with Gasteiger partial charge in [0.15, 0.2) is 0 Å². The van der Waals surface area contributed by atoms with Crippen LogP contribution in [0.2, 0.25) is 0 Å². The van der Waals surface area contributed by atoms with Crippen LogP contribution in [-0.4, -0.2) is 33.1 Å². The molecule has 0 saturated heterocycles. The Morgan fingerprint density at radius 2 is 1.94 bits per heavy atom. The number of hydrogen-bond donors (Lipinski definition) is 1. The minimum atomic E-state index is -4.50. The zero-order valence-electron chi connectivity index (χ0n) is 16.9. The highest BCUT2D eigenvalue weighted by atomic mass is 19.4.